The molecule has 2 rings (SSSR count). The first-order chi connectivity index (χ1) is 10.2. The van der Waals surface area contributed by atoms with E-state index in [0.717, 1.165) is 0 Å². The molecule has 1 amide bonds. The number of carbonyl (C=O) groups excluding carboxylic acids is 2. The molecule has 5 heteroatoms. The van der Waals surface area contributed by atoms with Crippen molar-refractivity contribution in [1.82, 2.24) is 0 Å². The summed E-state index contributed by atoms with van der Waals surface area (Å²) in [5, 5.41) is 2.46. The fraction of sp³-hybridized carbons (Fsp3) is 0.125. The molecule has 5 nitrogen and oxygen atoms in total. The number of anilines is 1. The van der Waals surface area contributed by atoms with Gasteiger partial charge >= 0.3 is 11.9 Å². The molecule has 2 aromatic rings. The van der Waals surface area contributed by atoms with Crippen LogP contribution in [0.1, 0.15) is 6.92 Å². The molecule has 0 aliphatic carbocycles. The maximum Gasteiger partial charge on any atom is 0.397 e. The molecule has 0 aliphatic heterocycles. The standard InChI is InChI=1S/C16H15NO4/c1-2-20-16(19)15(18)17-12-7-6-10-14(11-12)21-13-8-4-3-5-9-13/h3-11H,2H2,1H3,(H,17,18). The van der Waals surface area contributed by atoms with E-state index >= 15 is 0 Å². The van der Waals surface area contributed by atoms with Crippen LogP contribution < -0.4 is 10.1 Å². The van der Waals surface area contributed by atoms with Crippen molar-refractivity contribution in [3.05, 3.63) is 54.6 Å². The van der Waals surface area contributed by atoms with E-state index in [2.05, 4.69) is 10.1 Å². The molecule has 0 bridgehead atoms. The second-order valence-corrected chi connectivity index (χ2v) is 4.12. The summed E-state index contributed by atoms with van der Waals surface area (Å²) in [5.74, 6) is -0.477. The molecular weight excluding hydrogens is 270 g/mol. The third kappa shape index (κ3) is 4.35. The van der Waals surface area contributed by atoms with Gasteiger partial charge in [0.25, 0.3) is 0 Å². The number of benzene rings is 2. The fourth-order valence-electron chi connectivity index (χ4n) is 1.64. The minimum atomic E-state index is -0.910. The van der Waals surface area contributed by atoms with Crippen LogP contribution in [0.2, 0.25) is 0 Å². The third-order valence-corrected chi connectivity index (χ3v) is 2.53. The minimum absolute atomic E-state index is 0.156. The Balaban J connectivity index is 2.04. The zero-order valence-electron chi connectivity index (χ0n) is 11.5. The topological polar surface area (TPSA) is 64.6 Å². The van der Waals surface area contributed by atoms with Gasteiger partial charge in [0.1, 0.15) is 11.5 Å². The van der Waals surface area contributed by atoms with Gasteiger partial charge in [-0.05, 0) is 31.2 Å². The van der Waals surface area contributed by atoms with Crippen LogP contribution in [0.3, 0.4) is 0 Å². The zero-order valence-corrected chi connectivity index (χ0v) is 11.5. The summed E-state index contributed by atoms with van der Waals surface area (Å²) in [7, 11) is 0. The lowest BCUT2D eigenvalue weighted by atomic mass is 10.3. The summed E-state index contributed by atoms with van der Waals surface area (Å²) < 4.78 is 10.3. The predicted molar refractivity (Wildman–Crippen MR) is 78.2 cm³/mol. The Morgan fingerprint density at radius 2 is 1.71 bits per heavy atom. The third-order valence-electron chi connectivity index (χ3n) is 2.53. The number of ether oxygens (including phenoxy) is 2. The highest BCUT2D eigenvalue weighted by molar-refractivity contribution is 6.37. The van der Waals surface area contributed by atoms with Gasteiger partial charge in [0.2, 0.25) is 0 Å². The van der Waals surface area contributed by atoms with Crippen LogP contribution in [-0.4, -0.2) is 18.5 Å². The van der Waals surface area contributed by atoms with Gasteiger partial charge in [0.05, 0.1) is 6.61 Å². The second-order valence-electron chi connectivity index (χ2n) is 4.12. The first-order valence-electron chi connectivity index (χ1n) is 6.50. The molecule has 0 fully saturated rings. The van der Waals surface area contributed by atoms with Gasteiger partial charge < -0.3 is 14.8 Å². The van der Waals surface area contributed by atoms with Gasteiger partial charge in [-0.2, -0.15) is 0 Å². The number of rotatable bonds is 4. The minimum Gasteiger partial charge on any atom is -0.459 e. The molecule has 0 radical (unpaired) electrons. The van der Waals surface area contributed by atoms with Gasteiger partial charge in [0.15, 0.2) is 0 Å². The van der Waals surface area contributed by atoms with E-state index in [9.17, 15) is 9.59 Å². The van der Waals surface area contributed by atoms with Gasteiger partial charge in [-0.1, -0.05) is 24.3 Å². The predicted octanol–water partition coefficient (Wildman–Crippen LogP) is 2.98. The number of nitrogens with one attached hydrogen (secondary N) is 1. The van der Waals surface area contributed by atoms with E-state index in [-0.39, 0.29) is 6.61 Å². The van der Waals surface area contributed by atoms with Gasteiger partial charge in [0, 0.05) is 11.8 Å². The molecule has 0 saturated heterocycles. The van der Waals surface area contributed by atoms with Crippen molar-refractivity contribution in [2.24, 2.45) is 0 Å². The summed E-state index contributed by atoms with van der Waals surface area (Å²) >= 11 is 0. The molecule has 2 aromatic carbocycles. The van der Waals surface area contributed by atoms with Crippen LogP contribution in [0.4, 0.5) is 5.69 Å². The molecule has 108 valence electrons. The van der Waals surface area contributed by atoms with Crippen molar-refractivity contribution < 1.29 is 19.1 Å². The van der Waals surface area contributed by atoms with Gasteiger partial charge in [-0.15, -0.1) is 0 Å². The Hall–Kier alpha value is -2.82. The maximum atomic E-state index is 11.5. The average Bonchev–Trinajstić information content (AvgIpc) is 2.49. The number of carbonyl (C=O) groups is 2. The molecule has 0 saturated carbocycles. The van der Waals surface area contributed by atoms with Crippen molar-refractivity contribution in [2.75, 3.05) is 11.9 Å². The smallest absolute Gasteiger partial charge is 0.397 e. The lowest BCUT2D eigenvalue weighted by Crippen LogP contribution is -2.24. The summed E-state index contributed by atoms with van der Waals surface area (Å²) in [4.78, 5) is 22.8. The van der Waals surface area contributed by atoms with Crippen molar-refractivity contribution >= 4 is 17.6 Å². The van der Waals surface area contributed by atoms with E-state index in [1.54, 1.807) is 31.2 Å². The number of amides is 1. The van der Waals surface area contributed by atoms with E-state index in [4.69, 9.17) is 4.74 Å². The molecular formula is C16H15NO4. The van der Waals surface area contributed by atoms with Crippen molar-refractivity contribution in [1.29, 1.82) is 0 Å². The Kier molecular flexibility index (Phi) is 4.93. The van der Waals surface area contributed by atoms with Gasteiger partial charge in [-0.25, -0.2) is 4.79 Å². The molecule has 0 aromatic heterocycles. The summed E-state index contributed by atoms with van der Waals surface area (Å²) in [6.45, 7) is 1.79. The van der Waals surface area contributed by atoms with E-state index < -0.39 is 11.9 Å². The lowest BCUT2D eigenvalue weighted by Gasteiger charge is -2.08. The Morgan fingerprint density at radius 3 is 2.43 bits per heavy atom. The quantitative estimate of drug-likeness (QED) is 0.693. The van der Waals surface area contributed by atoms with Crippen LogP contribution in [-0.2, 0) is 14.3 Å². The Morgan fingerprint density at radius 1 is 1.00 bits per heavy atom. The highest BCUT2D eigenvalue weighted by Crippen LogP contribution is 2.23. The highest BCUT2D eigenvalue weighted by atomic mass is 16.5. The van der Waals surface area contributed by atoms with Crippen molar-refractivity contribution in [3.8, 4) is 11.5 Å². The average molecular weight is 285 g/mol. The zero-order chi connectivity index (χ0) is 15.1. The summed E-state index contributed by atoms with van der Waals surface area (Å²) in [6, 6.07) is 16.0. The SMILES string of the molecule is CCOC(=O)C(=O)Nc1cccc(Oc2ccccc2)c1. The fourth-order valence-corrected chi connectivity index (χ4v) is 1.64. The van der Waals surface area contributed by atoms with Crippen molar-refractivity contribution in [3.63, 3.8) is 0 Å². The number of para-hydroxylation sites is 1. The van der Waals surface area contributed by atoms with Crippen LogP contribution in [0.25, 0.3) is 0 Å². The molecule has 0 unspecified atom stereocenters. The lowest BCUT2D eigenvalue weighted by molar-refractivity contribution is -0.152. The molecule has 0 aliphatic rings. The van der Waals surface area contributed by atoms with E-state index in [1.165, 1.54) is 0 Å². The van der Waals surface area contributed by atoms with E-state index in [1.807, 2.05) is 30.3 Å². The molecule has 0 atom stereocenters. The monoisotopic (exact) mass is 285 g/mol. The van der Waals surface area contributed by atoms with Crippen LogP contribution in [0, 0.1) is 0 Å². The number of hydrogen-bond acceptors (Lipinski definition) is 4. The maximum absolute atomic E-state index is 11.5. The summed E-state index contributed by atoms with van der Waals surface area (Å²) in [5.41, 5.74) is 0.460. The largest absolute Gasteiger partial charge is 0.459 e. The van der Waals surface area contributed by atoms with Crippen LogP contribution >= 0.6 is 0 Å². The van der Waals surface area contributed by atoms with Crippen molar-refractivity contribution in [2.45, 2.75) is 6.92 Å². The Bertz CT molecular complexity index is 625. The van der Waals surface area contributed by atoms with Gasteiger partial charge in [-0.3, -0.25) is 4.79 Å². The van der Waals surface area contributed by atoms with E-state index in [0.29, 0.717) is 17.2 Å². The number of hydrogen-bond donors (Lipinski definition) is 1. The highest BCUT2D eigenvalue weighted by Gasteiger charge is 2.14. The van der Waals surface area contributed by atoms with Crippen LogP contribution in [0.5, 0.6) is 11.5 Å². The number of esters is 1. The second kappa shape index (κ2) is 7.09. The summed E-state index contributed by atoms with van der Waals surface area (Å²) in [6.07, 6.45) is 0. The molecule has 21 heavy (non-hydrogen) atoms. The molecule has 0 spiro atoms. The molecule has 0 heterocycles. The normalized spacial score (nSPS) is 9.76. The first kappa shape index (κ1) is 14.6. The molecule has 1 N–H and O–H groups in total. The Labute approximate surface area is 122 Å². The first-order valence-corrected chi connectivity index (χ1v) is 6.50. The van der Waals surface area contributed by atoms with Crippen LogP contribution in [0.15, 0.2) is 54.6 Å².